The summed E-state index contributed by atoms with van der Waals surface area (Å²) >= 11 is 0. The molecule has 0 aliphatic rings. The average Bonchev–Trinajstić information content (AvgIpc) is 2.32. The standard InChI is InChI=1S/C14H13O/c15-11-10-12-6-8-14(9-7-12)13-4-2-1-3-5-13/h2-9,15H,10-11H2. The number of hydrogen-bond acceptors (Lipinski definition) is 1. The molecule has 0 fully saturated rings. The van der Waals surface area contributed by atoms with Gasteiger partial charge in [0.25, 0.3) is 0 Å². The lowest BCUT2D eigenvalue weighted by Crippen LogP contribution is -1.89. The van der Waals surface area contributed by atoms with Crippen LogP contribution >= 0.6 is 0 Å². The molecule has 0 amide bonds. The Balaban J connectivity index is 2.24. The van der Waals surface area contributed by atoms with Gasteiger partial charge in [0.2, 0.25) is 0 Å². The highest BCUT2D eigenvalue weighted by Crippen LogP contribution is 2.18. The largest absolute Gasteiger partial charge is 0.396 e. The normalized spacial score (nSPS) is 10.2. The van der Waals surface area contributed by atoms with Gasteiger partial charge in [-0.15, -0.1) is 0 Å². The van der Waals surface area contributed by atoms with E-state index in [-0.39, 0.29) is 6.61 Å². The zero-order valence-electron chi connectivity index (χ0n) is 8.48. The summed E-state index contributed by atoms with van der Waals surface area (Å²) in [7, 11) is 0. The zero-order valence-corrected chi connectivity index (χ0v) is 8.48. The van der Waals surface area contributed by atoms with Crippen LogP contribution in [-0.2, 0) is 6.42 Å². The minimum absolute atomic E-state index is 0.208. The van der Waals surface area contributed by atoms with Crippen molar-refractivity contribution in [1.82, 2.24) is 0 Å². The lowest BCUT2D eigenvalue weighted by molar-refractivity contribution is 0.299. The summed E-state index contributed by atoms with van der Waals surface area (Å²) in [5.41, 5.74) is 3.57. The van der Waals surface area contributed by atoms with Gasteiger partial charge in [-0.25, -0.2) is 0 Å². The molecule has 0 bridgehead atoms. The molecule has 0 aromatic heterocycles. The van der Waals surface area contributed by atoms with E-state index < -0.39 is 0 Å². The first-order valence-electron chi connectivity index (χ1n) is 5.06. The van der Waals surface area contributed by atoms with Crippen LogP contribution in [0.3, 0.4) is 0 Å². The van der Waals surface area contributed by atoms with Crippen molar-refractivity contribution in [2.45, 2.75) is 6.42 Å². The molecule has 0 aliphatic heterocycles. The highest BCUT2D eigenvalue weighted by Gasteiger charge is 1.96. The maximum atomic E-state index is 8.80. The number of hydrogen-bond donors (Lipinski definition) is 1. The highest BCUT2D eigenvalue weighted by molar-refractivity contribution is 5.63. The Morgan fingerprint density at radius 2 is 1.47 bits per heavy atom. The van der Waals surface area contributed by atoms with E-state index in [9.17, 15) is 0 Å². The first kappa shape index (κ1) is 9.94. The molecule has 0 unspecified atom stereocenters. The van der Waals surface area contributed by atoms with E-state index in [0.29, 0.717) is 0 Å². The van der Waals surface area contributed by atoms with Crippen LogP contribution in [0.4, 0.5) is 0 Å². The van der Waals surface area contributed by atoms with Crippen molar-refractivity contribution in [3.8, 4) is 11.1 Å². The van der Waals surface area contributed by atoms with Crippen molar-refractivity contribution in [3.05, 3.63) is 60.2 Å². The van der Waals surface area contributed by atoms with Gasteiger partial charge in [0, 0.05) is 6.61 Å². The van der Waals surface area contributed by atoms with Crippen molar-refractivity contribution in [2.75, 3.05) is 6.61 Å². The fraction of sp³-hybridized carbons (Fsp3) is 0.143. The van der Waals surface area contributed by atoms with Gasteiger partial charge in [-0.3, -0.25) is 0 Å². The quantitative estimate of drug-likeness (QED) is 0.802. The molecule has 0 aliphatic carbocycles. The molecule has 75 valence electrons. The summed E-state index contributed by atoms with van der Waals surface area (Å²) in [6.07, 6.45) is 0.725. The molecule has 0 atom stereocenters. The van der Waals surface area contributed by atoms with Crippen LogP contribution in [0.2, 0.25) is 0 Å². The van der Waals surface area contributed by atoms with Gasteiger partial charge in [-0.1, -0.05) is 48.5 Å². The molecule has 15 heavy (non-hydrogen) atoms. The average molecular weight is 197 g/mol. The Kier molecular flexibility index (Phi) is 3.15. The third kappa shape index (κ3) is 2.45. The smallest absolute Gasteiger partial charge is 0.0471 e. The van der Waals surface area contributed by atoms with Crippen LogP contribution in [-0.4, -0.2) is 11.7 Å². The third-order valence-corrected chi connectivity index (χ3v) is 2.41. The van der Waals surface area contributed by atoms with Crippen LogP contribution in [0.25, 0.3) is 11.1 Å². The molecule has 0 saturated heterocycles. The molecule has 2 aromatic rings. The first-order valence-corrected chi connectivity index (χ1v) is 5.06. The van der Waals surface area contributed by atoms with Crippen molar-refractivity contribution in [2.24, 2.45) is 0 Å². The molecular formula is C14H13O. The lowest BCUT2D eigenvalue weighted by Gasteiger charge is -2.02. The summed E-state index contributed by atoms with van der Waals surface area (Å²) in [6.45, 7) is 0.208. The van der Waals surface area contributed by atoms with Crippen molar-refractivity contribution >= 4 is 0 Å². The molecular weight excluding hydrogens is 184 g/mol. The number of aliphatic hydroxyl groups is 1. The molecule has 2 aromatic carbocycles. The van der Waals surface area contributed by atoms with Crippen LogP contribution in [0.15, 0.2) is 48.5 Å². The minimum atomic E-state index is 0.208. The Morgan fingerprint density at radius 1 is 0.867 bits per heavy atom. The lowest BCUT2D eigenvalue weighted by atomic mass is 10.0. The third-order valence-electron chi connectivity index (χ3n) is 2.41. The number of rotatable bonds is 3. The van der Waals surface area contributed by atoms with Crippen LogP contribution in [0.5, 0.6) is 0 Å². The van der Waals surface area contributed by atoms with Crippen molar-refractivity contribution < 1.29 is 5.11 Å². The van der Waals surface area contributed by atoms with E-state index in [1.165, 1.54) is 16.7 Å². The maximum absolute atomic E-state index is 8.80. The van der Waals surface area contributed by atoms with Gasteiger partial charge >= 0.3 is 0 Å². The maximum Gasteiger partial charge on any atom is 0.0471 e. The predicted octanol–water partition coefficient (Wildman–Crippen LogP) is 2.69. The summed E-state index contributed by atoms with van der Waals surface area (Å²) in [5, 5.41) is 8.80. The van der Waals surface area contributed by atoms with Gasteiger partial charge < -0.3 is 5.11 Å². The van der Waals surface area contributed by atoms with E-state index in [0.717, 1.165) is 6.42 Å². The van der Waals surface area contributed by atoms with Gasteiger partial charge in [0.1, 0.15) is 0 Å². The number of aliphatic hydroxyl groups excluding tert-OH is 1. The second-order valence-corrected chi connectivity index (χ2v) is 3.46. The fourth-order valence-corrected chi connectivity index (χ4v) is 1.57. The molecule has 1 N–H and O–H groups in total. The summed E-state index contributed by atoms with van der Waals surface area (Å²) in [4.78, 5) is 0. The highest BCUT2D eigenvalue weighted by atomic mass is 16.2. The van der Waals surface area contributed by atoms with Crippen LogP contribution < -0.4 is 0 Å². The zero-order chi connectivity index (χ0) is 10.5. The monoisotopic (exact) mass is 197 g/mol. The van der Waals surface area contributed by atoms with Crippen LogP contribution in [0, 0.1) is 6.07 Å². The van der Waals surface area contributed by atoms with Gasteiger partial charge in [0.15, 0.2) is 0 Å². The Morgan fingerprint density at radius 3 is 2.07 bits per heavy atom. The minimum Gasteiger partial charge on any atom is -0.396 e. The fourth-order valence-electron chi connectivity index (χ4n) is 1.57. The molecule has 0 spiro atoms. The molecule has 2 rings (SSSR count). The predicted molar refractivity (Wildman–Crippen MR) is 61.5 cm³/mol. The van der Waals surface area contributed by atoms with Crippen LogP contribution in [0.1, 0.15) is 5.56 Å². The summed E-state index contributed by atoms with van der Waals surface area (Å²) in [5.74, 6) is 0. The van der Waals surface area contributed by atoms with Crippen molar-refractivity contribution in [3.63, 3.8) is 0 Å². The van der Waals surface area contributed by atoms with E-state index in [1.54, 1.807) is 0 Å². The topological polar surface area (TPSA) is 20.2 Å². The van der Waals surface area contributed by atoms with E-state index in [4.69, 9.17) is 5.11 Å². The molecule has 0 heterocycles. The van der Waals surface area contributed by atoms with Gasteiger partial charge in [-0.2, -0.15) is 0 Å². The summed E-state index contributed by atoms with van der Waals surface area (Å²) < 4.78 is 0. The first-order chi connectivity index (χ1) is 7.40. The van der Waals surface area contributed by atoms with Crippen molar-refractivity contribution in [1.29, 1.82) is 0 Å². The molecule has 0 saturated carbocycles. The van der Waals surface area contributed by atoms with E-state index in [1.807, 2.05) is 24.3 Å². The summed E-state index contributed by atoms with van der Waals surface area (Å²) in [6, 6.07) is 19.2. The SMILES string of the molecule is OCCc1ccc(-c2cc[c]cc2)cc1. The Labute approximate surface area is 90.0 Å². The molecule has 1 radical (unpaired) electrons. The van der Waals surface area contributed by atoms with E-state index in [2.05, 4.69) is 30.3 Å². The van der Waals surface area contributed by atoms with Gasteiger partial charge in [0.05, 0.1) is 0 Å². The second-order valence-electron chi connectivity index (χ2n) is 3.46. The number of benzene rings is 2. The molecule has 1 nitrogen and oxygen atoms in total. The van der Waals surface area contributed by atoms with E-state index >= 15 is 0 Å². The van der Waals surface area contributed by atoms with Gasteiger partial charge in [-0.05, 0) is 29.2 Å². The Hall–Kier alpha value is -1.60. The second kappa shape index (κ2) is 4.76. The Bertz CT molecular complexity index is 403. The molecule has 1 heteroatoms.